The second-order valence-corrected chi connectivity index (χ2v) is 8.26. The van der Waals surface area contributed by atoms with Gasteiger partial charge in [0.1, 0.15) is 0 Å². The summed E-state index contributed by atoms with van der Waals surface area (Å²) in [6.07, 6.45) is 0.383. The van der Waals surface area contributed by atoms with Crippen LogP contribution in [0.15, 0.2) is 89.0 Å². The average molecular weight is 487 g/mol. The van der Waals surface area contributed by atoms with Crippen molar-refractivity contribution >= 4 is 17.1 Å². The molecule has 6 nitrogen and oxygen atoms in total. The smallest absolute Gasteiger partial charge is 0.318 e. The lowest BCUT2D eigenvalue weighted by Gasteiger charge is -2.12. The van der Waals surface area contributed by atoms with Crippen molar-refractivity contribution in [3.63, 3.8) is 0 Å². The molecule has 0 spiro atoms. The second-order valence-electron chi connectivity index (χ2n) is 8.26. The van der Waals surface area contributed by atoms with Gasteiger partial charge in [0.2, 0.25) is 0 Å². The highest BCUT2D eigenvalue weighted by molar-refractivity contribution is 5.83. The molecule has 0 fully saturated rings. The van der Waals surface area contributed by atoms with Gasteiger partial charge in [-0.15, -0.1) is 0 Å². The van der Waals surface area contributed by atoms with Crippen molar-refractivity contribution in [2.45, 2.75) is 20.0 Å². The fraction of sp³-hybridized carbons (Fsp3) is 0.111. The van der Waals surface area contributed by atoms with Gasteiger partial charge < -0.3 is 4.57 Å². The van der Waals surface area contributed by atoms with Gasteiger partial charge in [0.05, 0.1) is 22.7 Å². The van der Waals surface area contributed by atoms with Gasteiger partial charge in [-0.05, 0) is 56.3 Å². The van der Waals surface area contributed by atoms with Crippen molar-refractivity contribution in [3.05, 3.63) is 112 Å². The summed E-state index contributed by atoms with van der Waals surface area (Å²) in [5.74, 6) is 0.0176. The van der Waals surface area contributed by atoms with Crippen LogP contribution < -0.4 is 5.56 Å². The number of aryl methyl sites for hydroxylation is 1. The van der Waals surface area contributed by atoms with E-state index in [1.165, 1.54) is 18.3 Å². The fourth-order valence-electron chi connectivity index (χ4n) is 4.18. The summed E-state index contributed by atoms with van der Waals surface area (Å²) in [7, 11) is 0. The largest absolute Gasteiger partial charge is 0.416 e. The molecule has 0 saturated heterocycles. The van der Waals surface area contributed by atoms with Crippen LogP contribution in [0.5, 0.6) is 0 Å². The Morgan fingerprint density at radius 1 is 0.944 bits per heavy atom. The molecule has 0 aliphatic heterocycles. The average Bonchev–Trinajstić information content (AvgIpc) is 3.16. The molecule has 9 heteroatoms. The lowest BCUT2D eigenvalue weighted by atomic mass is 10.1. The van der Waals surface area contributed by atoms with Gasteiger partial charge in [-0.25, -0.2) is 4.98 Å². The molecule has 36 heavy (non-hydrogen) atoms. The molecule has 180 valence electrons. The van der Waals surface area contributed by atoms with Crippen LogP contribution in [0.1, 0.15) is 22.5 Å². The van der Waals surface area contributed by atoms with Crippen molar-refractivity contribution in [1.29, 1.82) is 0 Å². The normalized spacial score (nSPS) is 12.0. The maximum Gasteiger partial charge on any atom is 0.416 e. The van der Waals surface area contributed by atoms with Crippen molar-refractivity contribution in [2.24, 2.45) is 5.10 Å². The molecule has 5 aromatic rings. The number of pyridine rings is 1. The zero-order valence-electron chi connectivity index (χ0n) is 19.4. The Balaban J connectivity index is 1.68. The van der Waals surface area contributed by atoms with E-state index in [0.29, 0.717) is 10.9 Å². The van der Waals surface area contributed by atoms with E-state index in [0.717, 1.165) is 39.4 Å². The van der Waals surface area contributed by atoms with Crippen molar-refractivity contribution < 1.29 is 13.2 Å². The van der Waals surface area contributed by atoms with Crippen LogP contribution in [0.2, 0.25) is 0 Å². The molecule has 5 rings (SSSR count). The third-order valence-electron chi connectivity index (χ3n) is 5.91. The molecule has 0 bridgehead atoms. The monoisotopic (exact) mass is 487 g/mol. The lowest BCUT2D eigenvalue weighted by Crippen LogP contribution is -2.20. The summed E-state index contributed by atoms with van der Waals surface area (Å²) in [5.41, 5.74) is 2.69. The molecule has 3 aromatic heterocycles. The number of hydrogen-bond acceptors (Lipinski definition) is 4. The van der Waals surface area contributed by atoms with Gasteiger partial charge in [-0.1, -0.05) is 24.3 Å². The summed E-state index contributed by atoms with van der Waals surface area (Å²) < 4.78 is 43.2. The first-order chi connectivity index (χ1) is 17.2. The Kier molecular flexibility index (Phi) is 5.75. The van der Waals surface area contributed by atoms with Gasteiger partial charge in [-0.2, -0.15) is 22.9 Å². The van der Waals surface area contributed by atoms with Crippen LogP contribution in [0.3, 0.4) is 0 Å². The first-order valence-corrected chi connectivity index (χ1v) is 11.1. The topological polar surface area (TPSA) is 65.1 Å². The van der Waals surface area contributed by atoms with Crippen LogP contribution in [0.25, 0.3) is 28.0 Å². The summed E-state index contributed by atoms with van der Waals surface area (Å²) in [6.45, 7) is 3.87. The molecule has 0 unspecified atom stereocenters. The predicted octanol–water partition coefficient (Wildman–Crippen LogP) is 5.77. The van der Waals surface area contributed by atoms with Crippen LogP contribution in [-0.4, -0.2) is 25.4 Å². The van der Waals surface area contributed by atoms with Crippen LogP contribution >= 0.6 is 0 Å². The summed E-state index contributed by atoms with van der Waals surface area (Å²) in [6, 6.07) is 17.1. The Hall–Kier alpha value is -4.53. The van der Waals surface area contributed by atoms with Gasteiger partial charge in [0.25, 0.3) is 5.56 Å². The molecule has 0 aliphatic carbocycles. The molecule has 0 aliphatic rings. The summed E-state index contributed by atoms with van der Waals surface area (Å²) in [5, 5.41) is 4.73. The van der Waals surface area contributed by atoms with E-state index in [4.69, 9.17) is 0 Å². The highest BCUT2D eigenvalue weighted by atomic mass is 19.4. The van der Waals surface area contributed by atoms with E-state index >= 15 is 0 Å². The predicted molar refractivity (Wildman–Crippen MR) is 132 cm³/mol. The van der Waals surface area contributed by atoms with E-state index in [2.05, 4.69) is 15.1 Å². The third kappa shape index (κ3) is 4.19. The molecule has 3 heterocycles. The van der Waals surface area contributed by atoms with Crippen molar-refractivity contribution in [2.75, 3.05) is 0 Å². The van der Waals surface area contributed by atoms with Gasteiger partial charge in [0, 0.05) is 40.6 Å². The minimum atomic E-state index is -4.54. The molecule has 0 radical (unpaired) electrons. The number of alkyl halides is 3. The molecular formula is C27H20F3N5O. The Morgan fingerprint density at radius 2 is 1.69 bits per heavy atom. The number of hydrogen-bond donors (Lipinski definition) is 0. The number of rotatable bonds is 4. The first kappa shape index (κ1) is 23.2. The Labute approximate surface area is 204 Å². The molecule has 0 atom stereocenters. The molecule has 0 amide bonds. The van der Waals surface area contributed by atoms with Crippen LogP contribution in [0, 0.1) is 13.8 Å². The van der Waals surface area contributed by atoms with Gasteiger partial charge in [-0.3, -0.25) is 9.78 Å². The second kappa shape index (κ2) is 8.92. The number of benzene rings is 2. The number of nitrogens with zero attached hydrogens (tertiary/aromatic N) is 5. The van der Waals surface area contributed by atoms with E-state index < -0.39 is 17.3 Å². The zero-order chi connectivity index (χ0) is 25.4. The van der Waals surface area contributed by atoms with Crippen molar-refractivity contribution in [1.82, 2.24) is 19.2 Å². The minimum Gasteiger partial charge on any atom is -0.318 e. The number of para-hydroxylation sites is 1. The first-order valence-electron chi connectivity index (χ1n) is 11.1. The number of fused-ring (bicyclic) bond motifs is 1. The summed E-state index contributed by atoms with van der Waals surface area (Å²) in [4.78, 5) is 21.9. The Morgan fingerprint density at radius 3 is 2.44 bits per heavy atom. The fourth-order valence-corrected chi connectivity index (χ4v) is 4.18. The minimum absolute atomic E-state index is 0.0176. The Bertz CT molecular complexity index is 1670. The van der Waals surface area contributed by atoms with Crippen LogP contribution in [-0.2, 0) is 6.18 Å². The quantitative estimate of drug-likeness (QED) is 0.303. The van der Waals surface area contributed by atoms with E-state index in [9.17, 15) is 18.0 Å². The highest BCUT2D eigenvalue weighted by Crippen LogP contribution is 2.32. The van der Waals surface area contributed by atoms with E-state index in [1.54, 1.807) is 36.7 Å². The lowest BCUT2D eigenvalue weighted by molar-refractivity contribution is -0.137. The standard InChI is InChI=1S/C27H20F3N5O/c1-17-14-20(18(2)34(17)22-10-12-31-13-11-22)16-32-35-25(19-6-5-7-21(15-19)27(28,29)30)33-24-9-4-3-8-23(24)26(35)36/h3-16H,1-2H3. The van der Waals surface area contributed by atoms with E-state index in [1.807, 2.05) is 36.6 Å². The maximum absolute atomic E-state index is 13.4. The highest BCUT2D eigenvalue weighted by Gasteiger charge is 2.31. The molecular weight excluding hydrogens is 467 g/mol. The maximum atomic E-state index is 13.4. The third-order valence-corrected chi connectivity index (χ3v) is 5.91. The molecule has 0 N–H and O–H groups in total. The summed E-state index contributed by atoms with van der Waals surface area (Å²) >= 11 is 0. The molecule has 2 aromatic carbocycles. The van der Waals surface area contributed by atoms with Crippen molar-refractivity contribution in [3.8, 4) is 17.1 Å². The van der Waals surface area contributed by atoms with Gasteiger partial charge >= 0.3 is 6.18 Å². The molecule has 0 saturated carbocycles. The van der Waals surface area contributed by atoms with Gasteiger partial charge in [0.15, 0.2) is 5.82 Å². The van der Waals surface area contributed by atoms with E-state index in [-0.39, 0.29) is 11.4 Å². The van der Waals surface area contributed by atoms with Crippen LogP contribution in [0.4, 0.5) is 13.2 Å². The zero-order valence-corrected chi connectivity index (χ0v) is 19.4. The number of halogens is 3. The number of aromatic nitrogens is 4. The SMILES string of the molecule is Cc1cc(C=Nn2c(-c3cccc(C(F)(F)F)c3)nc3ccccc3c2=O)c(C)n1-c1ccncc1.